The van der Waals surface area contributed by atoms with Crippen molar-refractivity contribution < 1.29 is 0 Å². The number of azo groups is 1. The topological polar surface area (TPSA) is 62.5 Å². The van der Waals surface area contributed by atoms with Gasteiger partial charge >= 0.3 is 0 Å². The van der Waals surface area contributed by atoms with Crippen molar-refractivity contribution in [2.24, 2.45) is 10.2 Å². The molecule has 5 heteroatoms. The predicted octanol–water partition coefficient (Wildman–Crippen LogP) is 4.64. The summed E-state index contributed by atoms with van der Waals surface area (Å²) >= 11 is 0. The highest BCUT2D eigenvalue weighted by molar-refractivity contribution is 5.71. The van der Waals surface area contributed by atoms with Crippen molar-refractivity contribution in [2.45, 2.75) is 0 Å². The van der Waals surface area contributed by atoms with E-state index in [1.165, 1.54) is 0 Å². The molecule has 102 valence electrons. The summed E-state index contributed by atoms with van der Waals surface area (Å²) in [5.74, 6) is 0.577. The minimum absolute atomic E-state index is 0.577. The van der Waals surface area contributed by atoms with E-state index < -0.39 is 0 Å². The number of rotatable bonds is 4. The molecule has 0 saturated heterocycles. The van der Waals surface area contributed by atoms with E-state index in [0.717, 1.165) is 17.1 Å². The molecule has 5 nitrogen and oxygen atoms in total. The fourth-order valence-corrected chi connectivity index (χ4v) is 1.78. The number of benzene rings is 1. The number of aromatic nitrogens is 2. The first-order chi connectivity index (χ1) is 10.4. The zero-order valence-electron chi connectivity index (χ0n) is 11.2. The largest absolute Gasteiger partial charge is 0.352 e. The van der Waals surface area contributed by atoms with Gasteiger partial charge in [-0.1, -0.05) is 18.2 Å². The average molecular weight is 275 g/mol. The van der Waals surface area contributed by atoms with Crippen LogP contribution in [-0.2, 0) is 0 Å². The first-order valence-electron chi connectivity index (χ1n) is 6.51. The van der Waals surface area contributed by atoms with Crippen LogP contribution in [0.3, 0.4) is 0 Å². The van der Waals surface area contributed by atoms with Gasteiger partial charge in [-0.3, -0.25) is 4.98 Å². The van der Waals surface area contributed by atoms with Gasteiger partial charge in [-0.05, 0) is 36.4 Å². The van der Waals surface area contributed by atoms with Crippen LogP contribution in [0.15, 0.2) is 83.4 Å². The third-order valence-electron chi connectivity index (χ3n) is 2.75. The lowest BCUT2D eigenvalue weighted by Crippen LogP contribution is -1.90. The fourth-order valence-electron chi connectivity index (χ4n) is 1.78. The van der Waals surface area contributed by atoms with Gasteiger partial charge in [0, 0.05) is 12.4 Å². The number of nitrogens with one attached hydrogen (secondary N) is 1. The number of pyridine rings is 2. The van der Waals surface area contributed by atoms with Gasteiger partial charge in [-0.25, -0.2) is 4.98 Å². The molecule has 0 atom stereocenters. The third-order valence-corrected chi connectivity index (χ3v) is 2.75. The standard InChI is InChI=1S/C16H13N5/c1-2-8-15(20-21-16-9-3-4-11-18-16)14(7-1)19-13-6-5-10-17-12-13/h1-12,19H. The van der Waals surface area contributed by atoms with Crippen molar-refractivity contribution in [2.75, 3.05) is 5.32 Å². The second-order valence-electron chi connectivity index (χ2n) is 4.27. The molecule has 2 heterocycles. The van der Waals surface area contributed by atoms with Gasteiger partial charge in [0.05, 0.1) is 17.6 Å². The Balaban J connectivity index is 1.84. The average Bonchev–Trinajstić information content (AvgIpc) is 2.56. The van der Waals surface area contributed by atoms with Crippen LogP contribution in [-0.4, -0.2) is 9.97 Å². The molecule has 0 bridgehead atoms. The Morgan fingerprint density at radius 1 is 0.810 bits per heavy atom. The van der Waals surface area contributed by atoms with Crippen LogP contribution in [0.5, 0.6) is 0 Å². The minimum atomic E-state index is 0.577. The first kappa shape index (κ1) is 12.9. The van der Waals surface area contributed by atoms with Crippen LogP contribution in [0, 0.1) is 0 Å². The molecule has 21 heavy (non-hydrogen) atoms. The van der Waals surface area contributed by atoms with Gasteiger partial charge in [0.2, 0.25) is 0 Å². The van der Waals surface area contributed by atoms with E-state index in [9.17, 15) is 0 Å². The first-order valence-corrected chi connectivity index (χ1v) is 6.51. The fraction of sp³-hybridized carbons (Fsp3) is 0. The number of anilines is 2. The highest BCUT2D eigenvalue weighted by atomic mass is 15.2. The zero-order valence-corrected chi connectivity index (χ0v) is 11.2. The Labute approximate surface area is 122 Å². The van der Waals surface area contributed by atoms with Gasteiger partial charge in [-0.2, -0.15) is 0 Å². The molecule has 3 aromatic rings. The van der Waals surface area contributed by atoms with Crippen LogP contribution in [0.25, 0.3) is 0 Å². The van der Waals surface area contributed by atoms with Crippen LogP contribution in [0.1, 0.15) is 0 Å². The quantitative estimate of drug-likeness (QED) is 0.706. The Hall–Kier alpha value is -3.08. The van der Waals surface area contributed by atoms with E-state index in [2.05, 4.69) is 25.5 Å². The molecule has 0 spiro atoms. The molecule has 0 aliphatic carbocycles. The summed E-state index contributed by atoms with van der Waals surface area (Å²) in [6.45, 7) is 0. The van der Waals surface area contributed by atoms with Crippen LogP contribution in [0.2, 0.25) is 0 Å². The maximum Gasteiger partial charge on any atom is 0.174 e. The molecule has 1 aromatic carbocycles. The van der Waals surface area contributed by atoms with E-state index in [1.54, 1.807) is 24.7 Å². The molecule has 0 fully saturated rings. The summed E-state index contributed by atoms with van der Waals surface area (Å²) in [4.78, 5) is 8.19. The Morgan fingerprint density at radius 2 is 1.71 bits per heavy atom. The van der Waals surface area contributed by atoms with Crippen LogP contribution >= 0.6 is 0 Å². The summed E-state index contributed by atoms with van der Waals surface area (Å²) < 4.78 is 0. The lowest BCUT2D eigenvalue weighted by Gasteiger charge is -2.07. The third kappa shape index (κ3) is 3.48. The highest BCUT2D eigenvalue weighted by Gasteiger charge is 2.01. The van der Waals surface area contributed by atoms with Crippen molar-refractivity contribution >= 4 is 22.9 Å². The van der Waals surface area contributed by atoms with Gasteiger partial charge < -0.3 is 5.32 Å². The van der Waals surface area contributed by atoms with Crippen LogP contribution < -0.4 is 5.32 Å². The molecule has 0 aliphatic heterocycles. The summed E-state index contributed by atoms with van der Waals surface area (Å²) in [5, 5.41) is 11.7. The Kier molecular flexibility index (Phi) is 3.93. The van der Waals surface area contributed by atoms with Crippen molar-refractivity contribution in [3.8, 4) is 0 Å². The summed E-state index contributed by atoms with van der Waals surface area (Å²) in [6.07, 6.45) is 5.18. The van der Waals surface area contributed by atoms with E-state index in [0.29, 0.717) is 5.82 Å². The van der Waals surface area contributed by atoms with Gasteiger partial charge in [0.1, 0.15) is 5.69 Å². The second kappa shape index (κ2) is 6.38. The van der Waals surface area contributed by atoms with E-state index in [1.807, 2.05) is 48.5 Å². The maximum absolute atomic E-state index is 4.25. The monoisotopic (exact) mass is 275 g/mol. The minimum Gasteiger partial charge on any atom is -0.352 e. The summed E-state index contributed by atoms with van der Waals surface area (Å²) in [5.41, 5.74) is 2.51. The smallest absolute Gasteiger partial charge is 0.174 e. The van der Waals surface area contributed by atoms with Gasteiger partial charge in [0.25, 0.3) is 0 Å². The molecule has 0 amide bonds. The maximum atomic E-state index is 4.25. The number of nitrogens with zero attached hydrogens (tertiary/aromatic N) is 4. The summed E-state index contributed by atoms with van der Waals surface area (Å²) in [6, 6.07) is 17.0. The molecule has 2 aromatic heterocycles. The number of hydrogen-bond acceptors (Lipinski definition) is 5. The lowest BCUT2D eigenvalue weighted by molar-refractivity contribution is 1.15. The molecular weight excluding hydrogens is 262 g/mol. The van der Waals surface area contributed by atoms with Crippen molar-refractivity contribution in [3.05, 3.63) is 73.2 Å². The molecule has 3 rings (SSSR count). The van der Waals surface area contributed by atoms with Gasteiger partial charge in [0.15, 0.2) is 5.82 Å². The van der Waals surface area contributed by atoms with Crippen molar-refractivity contribution in [3.63, 3.8) is 0 Å². The number of hydrogen-bond donors (Lipinski definition) is 1. The normalized spacial score (nSPS) is 10.7. The Bertz CT molecular complexity index is 726. The second-order valence-corrected chi connectivity index (χ2v) is 4.27. The molecule has 0 unspecified atom stereocenters. The van der Waals surface area contributed by atoms with E-state index >= 15 is 0 Å². The van der Waals surface area contributed by atoms with Crippen molar-refractivity contribution in [1.82, 2.24) is 9.97 Å². The Morgan fingerprint density at radius 3 is 2.52 bits per heavy atom. The molecule has 0 saturated carbocycles. The lowest BCUT2D eigenvalue weighted by atomic mass is 10.2. The number of para-hydroxylation sites is 1. The molecule has 0 aliphatic rings. The zero-order chi connectivity index (χ0) is 14.3. The molecule has 1 N–H and O–H groups in total. The SMILES string of the molecule is c1ccc(N=Nc2ccccc2Nc2cccnc2)nc1. The predicted molar refractivity (Wildman–Crippen MR) is 82.4 cm³/mol. The molecular formula is C16H13N5. The van der Waals surface area contributed by atoms with E-state index in [-0.39, 0.29) is 0 Å². The highest BCUT2D eigenvalue weighted by Crippen LogP contribution is 2.28. The van der Waals surface area contributed by atoms with Crippen LogP contribution in [0.4, 0.5) is 22.9 Å². The van der Waals surface area contributed by atoms with E-state index in [4.69, 9.17) is 0 Å². The summed E-state index contributed by atoms with van der Waals surface area (Å²) in [7, 11) is 0. The van der Waals surface area contributed by atoms with Crippen molar-refractivity contribution in [1.29, 1.82) is 0 Å². The van der Waals surface area contributed by atoms with Gasteiger partial charge in [-0.15, -0.1) is 10.2 Å². The molecule has 0 radical (unpaired) electrons.